The summed E-state index contributed by atoms with van der Waals surface area (Å²) >= 11 is 3.43. The fourth-order valence-electron chi connectivity index (χ4n) is 5.13. The van der Waals surface area contributed by atoms with Gasteiger partial charge in [0.15, 0.2) is 0 Å². The van der Waals surface area contributed by atoms with Gasteiger partial charge in [0.1, 0.15) is 10.6 Å². The summed E-state index contributed by atoms with van der Waals surface area (Å²) in [6.45, 7) is 5.19. The predicted molar refractivity (Wildman–Crippen MR) is 131 cm³/mol. The molecule has 0 radical (unpaired) electrons. The van der Waals surface area contributed by atoms with Crippen molar-refractivity contribution in [2.45, 2.75) is 55.9 Å². The molecule has 170 valence electrons. The zero-order chi connectivity index (χ0) is 22.3. The summed E-state index contributed by atoms with van der Waals surface area (Å²) in [4.78, 5) is 2.70. The van der Waals surface area contributed by atoms with E-state index in [2.05, 4.69) is 33.8 Å². The lowest BCUT2D eigenvalue weighted by Crippen LogP contribution is -2.19. The molecule has 0 bridgehead atoms. The Morgan fingerprint density at radius 2 is 1.88 bits per heavy atom. The number of hydrogen-bond donors (Lipinski definition) is 0. The normalized spacial score (nSPS) is 20.4. The van der Waals surface area contributed by atoms with Crippen LogP contribution in [0.25, 0.3) is 10.9 Å². The topological polar surface area (TPSA) is 51.5 Å². The van der Waals surface area contributed by atoms with Crippen molar-refractivity contribution in [1.29, 1.82) is 0 Å². The highest BCUT2D eigenvalue weighted by atomic mass is 79.9. The van der Waals surface area contributed by atoms with Crippen LogP contribution in [0, 0.1) is 0 Å². The molecular weight excluding hydrogens is 488 g/mol. The molecule has 1 aliphatic carbocycles. The van der Waals surface area contributed by atoms with Gasteiger partial charge in [0, 0.05) is 22.6 Å². The van der Waals surface area contributed by atoms with Gasteiger partial charge in [-0.05, 0) is 103 Å². The zero-order valence-electron chi connectivity index (χ0n) is 18.3. The van der Waals surface area contributed by atoms with Gasteiger partial charge in [-0.1, -0.05) is 19.1 Å². The molecule has 2 aliphatic rings. The molecule has 5 rings (SSSR count). The molecule has 2 fully saturated rings. The maximum absolute atomic E-state index is 13.7. The number of ether oxygens (including phenoxy) is 1. The van der Waals surface area contributed by atoms with Crippen molar-refractivity contribution in [2.75, 3.05) is 19.6 Å². The van der Waals surface area contributed by atoms with Crippen LogP contribution in [0.2, 0.25) is 0 Å². The van der Waals surface area contributed by atoms with Gasteiger partial charge in [-0.3, -0.25) is 0 Å². The summed E-state index contributed by atoms with van der Waals surface area (Å²) in [7, 11) is -3.74. The summed E-state index contributed by atoms with van der Waals surface area (Å²) in [6.07, 6.45) is 7.77. The minimum Gasteiger partial charge on any atom is -0.490 e. The number of benzene rings is 2. The maximum atomic E-state index is 13.7. The average Bonchev–Trinajstić information content (AvgIpc) is 3.53. The van der Waals surface area contributed by atoms with Crippen LogP contribution in [-0.2, 0) is 10.0 Å². The summed E-state index contributed by atoms with van der Waals surface area (Å²) in [5, 5.41) is 0.985. The fourth-order valence-corrected chi connectivity index (χ4v) is 7.48. The number of halogens is 1. The number of likely N-dealkylation sites (N-methyl/N-ethyl adjacent to an activating group) is 1. The molecule has 1 aliphatic heterocycles. The maximum Gasteiger partial charge on any atom is 0.269 e. The number of hydrogen-bond acceptors (Lipinski definition) is 4. The lowest BCUT2D eigenvalue weighted by atomic mass is 9.98. The van der Waals surface area contributed by atoms with Gasteiger partial charge in [0.2, 0.25) is 0 Å². The first-order valence-corrected chi connectivity index (χ1v) is 13.7. The van der Waals surface area contributed by atoms with Crippen molar-refractivity contribution >= 4 is 36.9 Å². The molecule has 0 amide bonds. The third kappa shape index (κ3) is 3.99. The molecule has 1 aromatic heterocycles. The van der Waals surface area contributed by atoms with Gasteiger partial charge >= 0.3 is 0 Å². The summed E-state index contributed by atoms with van der Waals surface area (Å²) < 4.78 is 35.6. The monoisotopic (exact) mass is 516 g/mol. The molecule has 1 atom stereocenters. The van der Waals surface area contributed by atoms with E-state index in [1.807, 2.05) is 24.4 Å². The summed E-state index contributed by atoms with van der Waals surface area (Å²) in [5.74, 6) is 1.15. The SMILES string of the molecule is CCN1CC[C@H](c2cn(S(=O)(=O)c3ccccc3Br)c3ccc(OC4CCCC4)cc23)C1. The molecule has 32 heavy (non-hydrogen) atoms. The Kier molecular flexibility index (Phi) is 6.07. The molecular formula is C25H29BrN2O3S. The highest BCUT2D eigenvalue weighted by Gasteiger charge is 2.30. The molecule has 0 spiro atoms. The van der Waals surface area contributed by atoms with Gasteiger partial charge < -0.3 is 9.64 Å². The van der Waals surface area contributed by atoms with E-state index in [9.17, 15) is 8.42 Å². The second-order valence-corrected chi connectivity index (χ2v) is 11.5. The molecule has 0 unspecified atom stereocenters. The van der Waals surface area contributed by atoms with Gasteiger partial charge in [-0.2, -0.15) is 0 Å². The van der Waals surface area contributed by atoms with Gasteiger partial charge in [0.25, 0.3) is 10.0 Å². The summed E-state index contributed by atoms with van der Waals surface area (Å²) in [6, 6.07) is 12.9. The van der Waals surface area contributed by atoms with E-state index in [0.29, 0.717) is 15.9 Å². The number of aromatic nitrogens is 1. The van der Waals surface area contributed by atoms with Crippen LogP contribution in [0.5, 0.6) is 5.75 Å². The number of rotatable bonds is 6. The molecule has 0 N–H and O–H groups in total. The van der Waals surface area contributed by atoms with Gasteiger partial charge in [0.05, 0.1) is 11.6 Å². The number of nitrogens with zero attached hydrogens (tertiary/aromatic N) is 2. The smallest absolute Gasteiger partial charge is 0.269 e. The molecule has 1 saturated carbocycles. The number of likely N-dealkylation sites (tertiary alicyclic amines) is 1. The van der Waals surface area contributed by atoms with Crippen LogP contribution in [0.3, 0.4) is 0 Å². The second-order valence-electron chi connectivity index (χ2n) is 8.90. The Labute approximate surface area is 198 Å². The Morgan fingerprint density at radius 3 is 2.59 bits per heavy atom. The molecule has 2 aromatic carbocycles. The van der Waals surface area contributed by atoms with E-state index in [1.54, 1.807) is 18.2 Å². The zero-order valence-corrected chi connectivity index (χ0v) is 20.7. The van der Waals surface area contributed by atoms with Gasteiger partial charge in [-0.15, -0.1) is 0 Å². The first-order valence-electron chi connectivity index (χ1n) is 11.5. The van der Waals surface area contributed by atoms with Crippen molar-refractivity contribution < 1.29 is 13.2 Å². The van der Waals surface area contributed by atoms with E-state index in [4.69, 9.17) is 4.74 Å². The van der Waals surface area contributed by atoms with Crippen molar-refractivity contribution in [3.05, 3.63) is 58.7 Å². The Bertz CT molecular complexity index is 1230. The van der Waals surface area contributed by atoms with E-state index < -0.39 is 10.0 Å². The van der Waals surface area contributed by atoms with Crippen molar-refractivity contribution in [3.8, 4) is 5.75 Å². The Hall–Kier alpha value is -1.83. The molecule has 2 heterocycles. The molecule has 5 nitrogen and oxygen atoms in total. The Morgan fingerprint density at radius 1 is 1.09 bits per heavy atom. The van der Waals surface area contributed by atoms with Crippen LogP contribution in [0.4, 0.5) is 0 Å². The minimum atomic E-state index is -3.74. The minimum absolute atomic E-state index is 0.268. The van der Waals surface area contributed by atoms with Crippen LogP contribution in [0.15, 0.2) is 58.0 Å². The average molecular weight is 517 g/mol. The Balaban J connectivity index is 1.62. The van der Waals surface area contributed by atoms with E-state index in [-0.39, 0.29) is 11.0 Å². The van der Waals surface area contributed by atoms with E-state index in [0.717, 1.165) is 55.6 Å². The number of fused-ring (bicyclic) bond motifs is 1. The lowest BCUT2D eigenvalue weighted by Gasteiger charge is -2.14. The van der Waals surface area contributed by atoms with E-state index in [1.165, 1.54) is 16.8 Å². The highest BCUT2D eigenvalue weighted by Crippen LogP contribution is 2.38. The third-order valence-corrected chi connectivity index (χ3v) is 9.60. The van der Waals surface area contributed by atoms with Gasteiger partial charge in [-0.25, -0.2) is 12.4 Å². The van der Waals surface area contributed by atoms with E-state index >= 15 is 0 Å². The van der Waals surface area contributed by atoms with Crippen molar-refractivity contribution in [2.24, 2.45) is 0 Å². The first kappa shape index (κ1) is 22.0. The van der Waals surface area contributed by atoms with Crippen LogP contribution in [0.1, 0.15) is 50.5 Å². The molecule has 3 aromatic rings. The van der Waals surface area contributed by atoms with Crippen LogP contribution < -0.4 is 4.74 Å². The standard InChI is InChI=1S/C25H29BrN2O3S/c1-2-27-14-13-18(16-27)22-17-28(32(29,30)25-10-6-5-9-23(25)26)24-12-11-20(15-21(22)24)31-19-7-3-4-8-19/h5-6,9-12,15,17-19H,2-4,7-8,13-14,16H2,1H3/t18-/m0/s1. The quantitative estimate of drug-likeness (QED) is 0.417. The molecule has 1 saturated heterocycles. The predicted octanol–water partition coefficient (Wildman–Crippen LogP) is 5.77. The van der Waals surface area contributed by atoms with Crippen LogP contribution >= 0.6 is 15.9 Å². The third-order valence-electron chi connectivity index (χ3n) is 6.91. The first-order chi connectivity index (χ1) is 15.5. The fraction of sp³-hybridized carbons (Fsp3) is 0.440. The van der Waals surface area contributed by atoms with Crippen molar-refractivity contribution in [1.82, 2.24) is 8.87 Å². The van der Waals surface area contributed by atoms with Crippen molar-refractivity contribution in [3.63, 3.8) is 0 Å². The molecule has 7 heteroatoms. The largest absolute Gasteiger partial charge is 0.490 e. The second kappa shape index (κ2) is 8.84. The lowest BCUT2D eigenvalue weighted by molar-refractivity contribution is 0.210. The van der Waals surface area contributed by atoms with Crippen LogP contribution in [-0.4, -0.2) is 43.0 Å². The summed E-state index contributed by atoms with van der Waals surface area (Å²) in [5.41, 5.74) is 1.81. The highest BCUT2D eigenvalue weighted by molar-refractivity contribution is 9.10.